The molecule has 1 aliphatic heterocycles. The molecular formula is C16H22N2O2. The van der Waals surface area contributed by atoms with Crippen LogP contribution in [0.4, 0.5) is 5.69 Å². The van der Waals surface area contributed by atoms with Crippen LogP contribution in [0.3, 0.4) is 0 Å². The number of para-hydroxylation sites is 1. The summed E-state index contributed by atoms with van der Waals surface area (Å²) in [6.07, 6.45) is 2.28. The Labute approximate surface area is 120 Å². The van der Waals surface area contributed by atoms with E-state index in [9.17, 15) is 4.79 Å². The molecule has 20 heavy (non-hydrogen) atoms. The van der Waals surface area contributed by atoms with Crippen LogP contribution in [-0.2, 0) is 9.53 Å². The van der Waals surface area contributed by atoms with E-state index >= 15 is 0 Å². The minimum absolute atomic E-state index is 0.0695. The Morgan fingerprint density at radius 2 is 2.05 bits per heavy atom. The number of benzene rings is 1. The molecule has 1 spiro atoms. The molecular weight excluding hydrogens is 252 g/mol. The molecule has 2 aliphatic rings. The van der Waals surface area contributed by atoms with Crippen molar-refractivity contribution in [3.8, 4) is 0 Å². The van der Waals surface area contributed by atoms with E-state index in [1.54, 1.807) is 0 Å². The summed E-state index contributed by atoms with van der Waals surface area (Å²) in [6, 6.07) is 6.06. The maximum Gasteiger partial charge on any atom is 0.238 e. The lowest BCUT2D eigenvalue weighted by Crippen LogP contribution is -2.46. The summed E-state index contributed by atoms with van der Waals surface area (Å²) in [5, 5.41) is 3.05. The molecule has 1 aliphatic carbocycles. The van der Waals surface area contributed by atoms with Crippen molar-refractivity contribution in [2.24, 2.45) is 0 Å². The summed E-state index contributed by atoms with van der Waals surface area (Å²) in [7, 11) is 0. The van der Waals surface area contributed by atoms with Gasteiger partial charge in [-0.2, -0.15) is 0 Å². The molecule has 0 unspecified atom stereocenters. The number of morpholine rings is 1. The highest BCUT2D eigenvalue weighted by atomic mass is 16.5. The van der Waals surface area contributed by atoms with E-state index in [2.05, 4.69) is 10.2 Å². The number of nitrogens with one attached hydrogen (secondary N) is 1. The molecule has 1 heterocycles. The van der Waals surface area contributed by atoms with Crippen molar-refractivity contribution in [1.82, 2.24) is 4.90 Å². The van der Waals surface area contributed by atoms with E-state index in [4.69, 9.17) is 4.74 Å². The van der Waals surface area contributed by atoms with Gasteiger partial charge in [0.25, 0.3) is 0 Å². The second-order valence-electron chi connectivity index (χ2n) is 6.06. The molecule has 1 amide bonds. The van der Waals surface area contributed by atoms with Crippen LogP contribution < -0.4 is 5.32 Å². The minimum Gasteiger partial charge on any atom is -0.372 e. The number of anilines is 1. The quantitative estimate of drug-likeness (QED) is 0.918. The van der Waals surface area contributed by atoms with Gasteiger partial charge in [0, 0.05) is 18.8 Å². The lowest BCUT2D eigenvalue weighted by molar-refractivity contribution is -0.120. The lowest BCUT2D eigenvalue weighted by atomic mass is 10.1. The Morgan fingerprint density at radius 3 is 2.70 bits per heavy atom. The Kier molecular flexibility index (Phi) is 3.52. The van der Waals surface area contributed by atoms with E-state index in [1.165, 1.54) is 0 Å². The fourth-order valence-corrected chi connectivity index (χ4v) is 2.89. The molecule has 1 saturated heterocycles. The van der Waals surface area contributed by atoms with Gasteiger partial charge in [-0.15, -0.1) is 0 Å². The number of hydrogen-bond acceptors (Lipinski definition) is 3. The summed E-state index contributed by atoms with van der Waals surface area (Å²) in [5.41, 5.74) is 3.25. The first-order valence-electron chi connectivity index (χ1n) is 7.30. The molecule has 1 aromatic rings. The van der Waals surface area contributed by atoms with Crippen LogP contribution in [-0.4, -0.2) is 42.6 Å². The van der Waals surface area contributed by atoms with Crippen molar-refractivity contribution in [2.75, 3.05) is 31.6 Å². The summed E-state index contributed by atoms with van der Waals surface area (Å²) in [4.78, 5) is 14.4. The molecule has 0 radical (unpaired) electrons. The largest absolute Gasteiger partial charge is 0.372 e. The molecule has 2 fully saturated rings. The van der Waals surface area contributed by atoms with Crippen molar-refractivity contribution < 1.29 is 9.53 Å². The highest BCUT2D eigenvalue weighted by Crippen LogP contribution is 2.41. The third kappa shape index (κ3) is 2.86. The Bertz CT molecular complexity index is 503. The number of carbonyl (C=O) groups is 1. The van der Waals surface area contributed by atoms with Gasteiger partial charge >= 0.3 is 0 Å². The number of carbonyl (C=O) groups excluding carboxylic acids is 1. The highest BCUT2D eigenvalue weighted by Gasteiger charge is 2.47. The zero-order valence-electron chi connectivity index (χ0n) is 12.2. The fraction of sp³-hybridized carbons (Fsp3) is 0.562. The first-order valence-corrected chi connectivity index (χ1v) is 7.30. The van der Waals surface area contributed by atoms with Gasteiger partial charge < -0.3 is 10.1 Å². The van der Waals surface area contributed by atoms with Crippen LogP contribution in [0.15, 0.2) is 18.2 Å². The first kappa shape index (κ1) is 13.6. The molecule has 0 aromatic heterocycles. The van der Waals surface area contributed by atoms with Crippen molar-refractivity contribution in [1.29, 1.82) is 0 Å². The average molecular weight is 274 g/mol. The molecule has 4 nitrogen and oxygen atoms in total. The van der Waals surface area contributed by atoms with Crippen LogP contribution in [0.25, 0.3) is 0 Å². The third-order valence-corrected chi connectivity index (χ3v) is 4.25. The van der Waals surface area contributed by atoms with Crippen LogP contribution in [0.5, 0.6) is 0 Å². The first-order chi connectivity index (χ1) is 9.58. The maximum atomic E-state index is 12.2. The second kappa shape index (κ2) is 5.19. The Balaban J connectivity index is 1.59. The molecule has 3 rings (SSSR count). The maximum absolute atomic E-state index is 12.2. The van der Waals surface area contributed by atoms with Gasteiger partial charge in [0.05, 0.1) is 18.8 Å². The normalized spacial score (nSPS) is 20.9. The SMILES string of the molecule is Cc1cccc(C)c1NC(=O)CN1CCOC2(CC2)C1. The summed E-state index contributed by atoms with van der Waals surface area (Å²) < 4.78 is 5.77. The fourth-order valence-electron chi connectivity index (χ4n) is 2.89. The average Bonchev–Trinajstić information content (AvgIpc) is 3.13. The number of amides is 1. The number of hydrogen-bond donors (Lipinski definition) is 1. The molecule has 108 valence electrons. The molecule has 0 atom stereocenters. The van der Waals surface area contributed by atoms with Crippen LogP contribution >= 0.6 is 0 Å². The number of ether oxygens (including phenoxy) is 1. The van der Waals surface area contributed by atoms with Gasteiger partial charge in [-0.3, -0.25) is 9.69 Å². The van der Waals surface area contributed by atoms with Crippen LogP contribution in [0.1, 0.15) is 24.0 Å². The smallest absolute Gasteiger partial charge is 0.238 e. The van der Waals surface area contributed by atoms with Crippen LogP contribution in [0.2, 0.25) is 0 Å². The third-order valence-electron chi connectivity index (χ3n) is 4.25. The molecule has 1 aromatic carbocycles. The monoisotopic (exact) mass is 274 g/mol. The second-order valence-corrected chi connectivity index (χ2v) is 6.06. The topological polar surface area (TPSA) is 41.6 Å². The molecule has 1 saturated carbocycles. The zero-order valence-corrected chi connectivity index (χ0v) is 12.2. The van der Waals surface area contributed by atoms with E-state index < -0.39 is 0 Å². The van der Waals surface area contributed by atoms with Gasteiger partial charge in [-0.1, -0.05) is 18.2 Å². The van der Waals surface area contributed by atoms with Crippen LogP contribution in [0, 0.1) is 13.8 Å². The van der Waals surface area contributed by atoms with Crippen molar-refractivity contribution >= 4 is 11.6 Å². The predicted octanol–water partition coefficient (Wildman–Crippen LogP) is 2.11. The van der Waals surface area contributed by atoms with E-state index in [1.807, 2.05) is 32.0 Å². The molecule has 0 bridgehead atoms. The highest BCUT2D eigenvalue weighted by molar-refractivity contribution is 5.93. The van der Waals surface area contributed by atoms with Gasteiger partial charge in [0.1, 0.15) is 0 Å². The zero-order chi connectivity index (χ0) is 14.2. The number of rotatable bonds is 3. The summed E-state index contributed by atoms with van der Waals surface area (Å²) in [6.45, 7) is 7.00. The van der Waals surface area contributed by atoms with Crippen molar-refractivity contribution in [3.63, 3.8) is 0 Å². The standard InChI is InChI=1S/C16H22N2O2/c1-12-4-3-5-13(2)15(12)17-14(19)10-18-8-9-20-16(11-18)6-7-16/h3-5H,6-11H2,1-2H3,(H,17,19). The Hall–Kier alpha value is -1.39. The predicted molar refractivity (Wildman–Crippen MR) is 78.9 cm³/mol. The van der Waals surface area contributed by atoms with E-state index in [0.717, 1.165) is 49.4 Å². The van der Waals surface area contributed by atoms with Gasteiger partial charge in [-0.05, 0) is 37.8 Å². The summed E-state index contributed by atoms with van der Waals surface area (Å²) in [5.74, 6) is 0.0695. The van der Waals surface area contributed by atoms with Gasteiger partial charge in [0.15, 0.2) is 0 Å². The van der Waals surface area contributed by atoms with Crippen molar-refractivity contribution in [3.05, 3.63) is 29.3 Å². The van der Waals surface area contributed by atoms with Crippen molar-refractivity contribution in [2.45, 2.75) is 32.3 Å². The van der Waals surface area contributed by atoms with Gasteiger partial charge in [0.2, 0.25) is 5.91 Å². The van der Waals surface area contributed by atoms with E-state index in [0.29, 0.717) is 6.54 Å². The lowest BCUT2D eigenvalue weighted by Gasteiger charge is -2.32. The van der Waals surface area contributed by atoms with Gasteiger partial charge in [-0.25, -0.2) is 0 Å². The number of nitrogens with zero attached hydrogens (tertiary/aromatic N) is 1. The minimum atomic E-state index is 0.0695. The Morgan fingerprint density at radius 1 is 1.35 bits per heavy atom. The molecule has 1 N–H and O–H groups in total. The molecule has 4 heteroatoms. The summed E-state index contributed by atoms with van der Waals surface area (Å²) >= 11 is 0. The van der Waals surface area contributed by atoms with E-state index in [-0.39, 0.29) is 11.5 Å². The number of aryl methyl sites for hydroxylation is 2.